The number of hydrogen-bond acceptors (Lipinski definition) is 4. The van der Waals surface area contributed by atoms with E-state index in [1.165, 1.54) is 38.4 Å². The van der Waals surface area contributed by atoms with Gasteiger partial charge in [-0.05, 0) is 17.7 Å². The first kappa shape index (κ1) is 19.0. The maximum atomic E-state index is 12.9. The van der Waals surface area contributed by atoms with E-state index in [0.717, 1.165) is 14.9 Å². The van der Waals surface area contributed by atoms with Crippen LogP contribution < -0.4 is 4.72 Å². The molecule has 0 atom stereocenters. The first-order chi connectivity index (χ1) is 10.0. The standard InChI is InChI=1S/C12H20FN3O4S2/c1-15(2)22(19,20)14-8-9-16(21(3,17)18)10-11-4-6-12(13)7-5-11/h4-7,14H,8-10H2,1-3H3. The molecule has 10 heteroatoms. The Labute approximate surface area is 131 Å². The van der Waals surface area contributed by atoms with Crippen LogP contribution in [0.1, 0.15) is 5.56 Å². The molecule has 0 fully saturated rings. The van der Waals surface area contributed by atoms with Crippen LogP contribution in [0.15, 0.2) is 24.3 Å². The Morgan fingerprint density at radius 3 is 2.09 bits per heavy atom. The maximum Gasteiger partial charge on any atom is 0.278 e. The Balaban J connectivity index is 2.73. The fourth-order valence-corrected chi connectivity index (χ4v) is 3.00. The summed E-state index contributed by atoms with van der Waals surface area (Å²) in [6.45, 7) is -0.0408. The van der Waals surface area contributed by atoms with Crippen molar-refractivity contribution < 1.29 is 21.2 Å². The van der Waals surface area contributed by atoms with E-state index < -0.39 is 26.0 Å². The van der Waals surface area contributed by atoms with Crippen molar-refractivity contribution in [1.29, 1.82) is 0 Å². The molecule has 0 amide bonds. The fraction of sp³-hybridized carbons (Fsp3) is 0.500. The van der Waals surface area contributed by atoms with Crippen LogP contribution in [0, 0.1) is 5.82 Å². The third-order valence-electron chi connectivity index (χ3n) is 2.87. The van der Waals surface area contributed by atoms with Crippen molar-refractivity contribution in [3.63, 3.8) is 0 Å². The summed E-state index contributed by atoms with van der Waals surface area (Å²) in [7, 11) is -4.39. The van der Waals surface area contributed by atoms with Gasteiger partial charge in [0.05, 0.1) is 6.26 Å². The van der Waals surface area contributed by atoms with Crippen LogP contribution in [-0.2, 0) is 26.8 Å². The first-order valence-electron chi connectivity index (χ1n) is 6.39. The summed E-state index contributed by atoms with van der Waals surface area (Å²) in [6, 6.07) is 5.45. The van der Waals surface area contributed by atoms with Crippen molar-refractivity contribution in [2.24, 2.45) is 0 Å². The zero-order valence-electron chi connectivity index (χ0n) is 12.7. The van der Waals surface area contributed by atoms with E-state index in [4.69, 9.17) is 0 Å². The van der Waals surface area contributed by atoms with Gasteiger partial charge in [-0.25, -0.2) is 17.5 Å². The zero-order valence-corrected chi connectivity index (χ0v) is 14.3. The van der Waals surface area contributed by atoms with E-state index in [1.54, 1.807) is 0 Å². The van der Waals surface area contributed by atoms with Crippen LogP contribution in [0.2, 0.25) is 0 Å². The number of rotatable bonds is 8. The van der Waals surface area contributed by atoms with Crippen LogP contribution in [0.5, 0.6) is 0 Å². The van der Waals surface area contributed by atoms with Crippen molar-refractivity contribution in [2.75, 3.05) is 33.4 Å². The molecule has 0 aliphatic rings. The van der Waals surface area contributed by atoms with Gasteiger partial charge in [0, 0.05) is 33.7 Å². The third kappa shape index (κ3) is 5.97. The number of benzene rings is 1. The smallest absolute Gasteiger partial charge is 0.212 e. The Bertz CT molecular complexity index is 688. The molecular formula is C12H20FN3O4S2. The molecule has 0 aromatic heterocycles. The molecule has 0 aliphatic carbocycles. The molecule has 1 N–H and O–H groups in total. The fourth-order valence-electron chi connectivity index (χ4n) is 1.58. The van der Waals surface area contributed by atoms with Gasteiger partial charge >= 0.3 is 0 Å². The summed E-state index contributed by atoms with van der Waals surface area (Å²) in [5.41, 5.74) is 0.613. The largest absolute Gasteiger partial charge is 0.278 e. The van der Waals surface area contributed by atoms with Crippen LogP contribution in [0.4, 0.5) is 4.39 Å². The molecule has 0 aliphatic heterocycles. The Hall–Kier alpha value is -1.07. The van der Waals surface area contributed by atoms with Gasteiger partial charge in [-0.3, -0.25) is 0 Å². The number of hydrogen-bond donors (Lipinski definition) is 1. The molecule has 0 unspecified atom stereocenters. The van der Waals surface area contributed by atoms with Gasteiger partial charge in [0.15, 0.2) is 0 Å². The lowest BCUT2D eigenvalue weighted by molar-refractivity contribution is 0.409. The van der Waals surface area contributed by atoms with Crippen molar-refractivity contribution in [3.8, 4) is 0 Å². The number of nitrogens with zero attached hydrogens (tertiary/aromatic N) is 2. The summed E-state index contributed by atoms with van der Waals surface area (Å²) in [5.74, 6) is -0.409. The lowest BCUT2D eigenvalue weighted by atomic mass is 10.2. The van der Waals surface area contributed by atoms with Gasteiger partial charge in [0.25, 0.3) is 10.2 Å². The predicted molar refractivity (Wildman–Crippen MR) is 82.3 cm³/mol. The van der Waals surface area contributed by atoms with E-state index in [9.17, 15) is 21.2 Å². The average molecular weight is 353 g/mol. The molecule has 7 nitrogen and oxygen atoms in total. The molecule has 0 heterocycles. The highest BCUT2D eigenvalue weighted by Gasteiger charge is 2.19. The van der Waals surface area contributed by atoms with Crippen LogP contribution in [0.25, 0.3) is 0 Å². The first-order valence-corrected chi connectivity index (χ1v) is 9.68. The van der Waals surface area contributed by atoms with Gasteiger partial charge in [0.2, 0.25) is 10.0 Å². The molecule has 126 valence electrons. The quantitative estimate of drug-likeness (QED) is 0.712. The molecule has 1 rings (SSSR count). The van der Waals surface area contributed by atoms with Crippen molar-refractivity contribution in [2.45, 2.75) is 6.54 Å². The Morgan fingerprint density at radius 2 is 1.64 bits per heavy atom. The lowest BCUT2D eigenvalue weighted by Gasteiger charge is -2.21. The van der Waals surface area contributed by atoms with Gasteiger partial charge in [-0.1, -0.05) is 12.1 Å². The van der Waals surface area contributed by atoms with E-state index >= 15 is 0 Å². The summed E-state index contributed by atoms with van der Waals surface area (Å²) >= 11 is 0. The highest BCUT2D eigenvalue weighted by Crippen LogP contribution is 2.09. The minimum Gasteiger partial charge on any atom is -0.212 e. The van der Waals surface area contributed by atoms with Crippen molar-refractivity contribution in [1.82, 2.24) is 13.3 Å². The normalized spacial score (nSPS) is 13.0. The maximum absolute atomic E-state index is 12.9. The molecule has 0 spiro atoms. The van der Waals surface area contributed by atoms with E-state index in [2.05, 4.69) is 4.72 Å². The highest BCUT2D eigenvalue weighted by atomic mass is 32.2. The molecular weight excluding hydrogens is 333 g/mol. The molecule has 0 saturated carbocycles. The molecule has 1 aromatic rings. The number of nitrogens with one attached hydrogen (secondary N) is 1. The minimum atomic E-state index is -3.61. The summed E-state index contributed by atoms with van der Waals surface area (Å²) in [5, 5.41) is 0. The Morgan fingerprint density at radius 1 is 1.09 bits per heavy atom. The molecule has 1 aromatic carbocycles. The molecule has 0 bridgehead atoms. The molecule has 0 radical (unpaired) electrons. The number of halogens is 1. The van der Waals surface area contributed by atoms with E-state index in [1.807, 2.05) is 0 Å². The summed E-state index contributed by atoms with van der Waals surface area (Å²) in [4.78, 5) is 0. The second-order valence-corrected chi connectivity index (χ2v) is 8.86. The van der Waals surface area contributed by atoms with Gasteiger partial charge in [-0.15, -0.1) is 0 Å². The topological polar surface area (TPSA) is 86.8 Å². The number of sulfonamides is 1. The average Bonchev–Trinajstić information content (AvgIpc) is 2.38. The van der Waals surface area contributed by atoms with Crippen molar-refractivity contribution in [3.05, 3.63) is 35.6 Å². The molecule has 22 heavy (non-hydrogen) atoms. The lowest BCUT2D eigenvalue weighted by Crippen LogP contribution is -2.41. The molecule has 0 saturated heterocycles. The monoisotopic (exact) mass is 353 g/mol. The highest BCUT2D eigenvalue weighted by molar-refractivity contribution is 7.88. The van der Waals surface area contributed by atoms with Gasteiger partial charge in [0.1, 0.15) is 5.82 Å². The Kier molecular flexibility index (Phi) is 6.44. The zero-order chi connectivity index (χ0) is 17.0. The van der Waals surface area contributed by atoms with Crippen molar-refractivity contribution >= 4 is 20.2 Å². The van der Waals surface area contributed by atoms with Gasteiger partial charge in [-0.2, -0.15) is 17.0 Å². The van der Waals surface area contributed by atoms with E-state index in [-0.39, 0.29) is 19.6 Å². The summed E-state index contributed by atoms with van der Waals surface area (Å²) < 4.78 is 63.9. The van der Waals surface area contributed by atoms with Crippen LogP contribution >= 0.6 is 0 Å². The van der Waals surface area contributed by atoms with Crippen LogP contribution in [0.3, 0.4) is 0 Å². The predicted octanol–water partition coefficient (Wildman–Crippen LogP) is -0.0167. The SMILES string of the molecule is CN(C)S(=O)(=O)NCCN(Cc1ccc(F)cc1)S(C)(=O)=O. The third-order valence-corrected chi connectivity index (χ3v) is 5.65. The second-order valence-electron chi connectivity index (χ2n) is 4.90. The van der Waals surface area contributed by atoms with Gasteiger partial charge < -0.3 is 0 Å². The second kappa shape index (κ2) is 7.47. The summed E-state index contributed by atoms with van der Waals surface area (Å²) in [6.07, 6.45) is 1.04. The van der Waals surface area contributed by atoms with E-state index in [0.29, 0.717) is 5.56 Å². The minimum absolute atomic E-state index is 0.0245. The van der Waals surface area contributed by atoms with Crippen LogP contribution in [-0.4, -0.2) is 58.9 Å².